The smallest absolute Gasteiger partial charge is 0.240 e. The number of carbonyl (C=O) groups excluding carboxylic acids is 1. The molecule has 0 aliphatic heterocycles. The van der Waals surface area contributed by atoms with Crippen molar-refractivity contribution in [1.29, 1.82) is 0 Å². The summed E-state index contributed by atoms with van der Waals surface area (Å²) >= 11 is 0. The van der Waals surface area contributed by atoms with Crippen molar-refractivity contribution in [1.82, 2.24) is 10.0 Å². The van der Waals surface area contributed by atoms with E-state index in [0.29, 0.717) is 12.3 Å². The third-order valence-corrected chi connectivity index (χ3v) is 5.54. The maximum atomic E-state index is 12.1. The molecule has 2 N–H and O–H groups in total. The number of hydrogen-bond donors (Lipinski definition) is 2. The fraction of sp³-hybridized carbons (Fsp3) is 0.562. The lowest BCUT2D eigenvalue weighted by Gasteiger charge is -2.20. The van der Waals surface area contributed by atoms with Crippen LogP contribution in [0.25, 0.3) is 0 Å². The SMILES string of the molecule is COc1ccc(S(=O)(=O)NCCNC(=O)C2CCCCC2)cc1. The first kappa shape index (κ1) is 17.7. The zero-order valence-corrected chi connectivity index (χ0v) is 14.2. The number of amides is 1. The summed E-state index contributed by atoms with van der Waals surface area (Å²) in [7, 11) is -2.04. The second-order valence-corrected chi connectivity index (χ2v) is 7.47. The number of nitrogens with one attached hydrogen (secondary N) is 2. The summed E-state index contributed by atoms with van der Waals surface area (Å²) in [5.41, 5.74) is 0. The lowest BCUT2D eigenvalue weighted by molar-refractivity contribution is -0.125. The highest BCUT2D eigenvalue weighted by Gasteiger charge is 2.20. The van der Waals surface area contributed by atoms with Gasteiger partial charge in [0.15, 0.2) is 0 Å². The van der Waals surface area contributed by atoms with Gasteiger partial charge in [0.1, 0.15) is 5.75 Å². The van der Waals surface area contributed by atoms with Gasteiger partial charge in [-0.1, -0.05) is 19.3 Å². The van der Waals surface area contributed by atoms with E-state index in [4.69, 9.17) is 4.74 Å². The van der Waals surface area contributed by atoms with Gasteiger partial charge in [0.25, 0.3) is 0 Å². The first-order valence-corrected chi connectivity index (χ1v) is 9.42. The molecule has 0 atom stereocenters. The van der Waals surface area contributed by atoms with E-state index in [1.807, 2.05) is 0 Å². The molecule has 23 heavy (non-hydrogen) atoms. The lowest BCUT2D eigenvalue weighted by Crippen LogP contribution is -2.38. The Morgan fingerprint density at radius 2 is 1.78 bits per heavy atom. The first-order chi connectivity index (χ1) is 11.0. The van der Waals surface area contributed by atoms with Gasteiger partial charge in [-0.2, -0.15) is 0 Å². The quantitative estimate of drug-likeness (QED) is 0.740. The van der Waals surface area contributed by atoms with Crippen molar-refractivity contribution in [2.45, 2.75) is 37.0 Å². The molecule has 6 nitrogen and oxygen atoms in total. The van der Waals surface area contributed by atoms with Gasteiger partial charge in [-0.05, 0) is 37.1 Å². The molecule has 1 aromatic rings. The predicted octanol–water partition coefficient (Wildman–Crippen LogP) is 1.67. The summed E-state index contributed by atoms with van der Waals surface area (Å²) in [5.74, 6) is 0.721. The number of rotatable bonds is 7. The van der Waals surface area contributed by atoms with Crippen molar-refractivity contribution in [3.05, 3.63) is 24.3 Å². The standard InChI is InChI=1S/C16H24N2O4S/c1-22-14-7-9-15(10-8-14)23(20,21)18-12-11-17-16(19)13-5-3-2-4-6-13/h7-10,13,18H,2-6,11-12H2,1H3,(H,17,19). The van der Waals surface area contributed by atoms with E-state index in [-0.39, 0.29) is 23.3 Å². The van der Waals surface area contributed by atoms with Gasteiger partial charge in [-0.15, -0.1) is 0 Å². The van der Waals surface area contributed by atoms with Crippen LogP contribution in [0.15, 0.2) is 29.2 Å². The number of sulfonamides is 1. The van der Waals surface area contributed by atoms with E-state index in [0.717, 1.165) is 25.7 Å². The number of benzene rings is 1. The summed E-state index contributed by atoms with van der Waals surface area (Å²) < 4.78 is 31.7. The molecule has 1 aliphatic rings. The highest BCUT2D eigenvalue weighted by molar-refractivity contribution is 7.89. The Morgan fingerprint density at radius 3 is 2.39 bits per heavy atom. The predicted molar refractivity (Wildman–Crippen MR) is 87.8 cm³/mol. The molecule has 2 rings (SSSR count). The molecule has 7 heteroatoms. The molecule has 0 heterocycles. The van der Waals surface area contributed by atoms with Crippen LogP contribution in [0.3, 0.4) is 0 Å². The van der Waals surface area contributed by atoms with Gasteiger partial charge in [-0.3, -0.25) is 4.79 Å². The van der Waals surface area contributed by atoms with Crippen LogP contribution in [-0.4, -0.2) is 34.5 Å². The average Bonchev–Trinajstić information content (AvgIpc) is 2.59. The average molecular weight is 340 g/mol. The van der Waals surface area contributed by atoms with Crippen molar-refractivity contribution in [2.75, 3.05) is 20.2 Å². The monoisotopic (exact) mass is 340 g/mol. The minimum absolute atomic E-state index is 0.0355. The minimum Gasteiger partial charge on any atom is -0.497 e. The van der Waals surface area contributed by atoms with Crippen molar-refractivity contribution in [2.24, 2.45) is 5.92 Å². The highest BCUT2D eigenvalue weighted by atomic mass is 32.2. The van der Waals surface area contributed by atoms with Crippen LogP contribution < -0.4 is 14.8 Å². The first-order valence-electron chi connectivity index (χ1n) is 7.94. The second kappa shape index (κ2) is 8.31. The molecule has 1 saturated carbocycles. The Kier molecular flexibility index (Phi) is 6.41. The molecule has 0 aromatic heterocycles. The van der Waals surface area contributed by atoms with E-state index >= 15 is 0 Å². The van der Waals surface area contributed by atoms with Crippen LogP contribution in [0.1, 0.15) is 32.1 Å². The molecule has 1 aromatic carbocycles. The van der Waals surface area contributed by atoms with Crippen molar-refractivity contribution < 1.29 is 17.9 Å². The second-order valence-electron chi connectivity index (χ2n) is 5.70. The third-order valence-electron chi connectivity index (χ3n) is 4.06. The van der Waals surface area contributed by atoms with Gasteiger partial charge in [0.05, 0.1) is 12.0 Å². The van der Waals surface area contributed by atoms with E-state index in [2.05, 4.69) is 10.0 Å². The van der Waals surface area contributed by atoms with Crippen LogP contribution in [0.2, 0.25) is 0 Å². The van der Waals surface area contributed by atoms with Crippen LogP contribution >= 0.6 is 0 Å². The Balaban J connectivity index is 1.76. The Hall–Kier alpha value is -1.60. The lowest BCUT2D eigenvalue weighted by atomic mass is 9.89. The molecule has 1 amide bonds. The van der Waals surface area contributed by atoms with E-state index in [1.54, 1.807) is 12.1 Å². The van der Waals surface area contributed by atoms with E-state index in [1.165, 1.54) is 25.7 Å². The molecule has 0 radical (unpaired) electrons. The maximum absolute atomic E-state index is 12.1. The van der Waals surface area contributed by atoms with Gasteiger partial charge in [-0.25, -0.2) is 13.1 Å². The summed E-state index contributed by atoms with van der Waals surface area (Å²) in [5, 5.41) is 2.81. The fourth-order valence-electron chi connectivity index (χ4n) is 2.72. The topological polar surface area (TPSA) is 84.5 Å². The van der Waals surface area contributed by atoms with Crippen LogP contribution in [0.4, 0.5) is 0 Å². The van der Waals surface area contributed by atoms with Crippen molar-refractivity contribution in [3.63, 3.8) is 0 Å². The molecular formula is C16H24N2O4S. The normalized spacial score (nSPS) is 16.0. The Morgan fingerprint density at radius 1 is 1.13 bits per heavy atom. The number of ether oxygens (including phenoxy) is 1. The number of methoxy groups -OCH3 is 1. The maximum Gasteiger partial charge on any atom is 0.240 e. The molecule has 128 valence electrons. The van der Waals surface area contributed by atoms with Crippen LogP contribution in [-0.2, 0) is 14.8 Å². The van der Waals surface area contributed by atoms with Gasteiger partial charge in [0.2, 0.25) is 15.9 Å². The third kappa shape index (κ3) is 5.21. The van der Waals surface area contributed by atoms with E-state index < -0.39 is 10.0 Å². The summed E-state index contributed by atoms with van der Waals surface area (Å²) in [6, 6.07) is 6.17. The van der Waals surface area contributed by atoms with E-state index in [9.17, 15) is 13.2 Å². The Bertz CT molecular complexity index is 607. The summed E-state index contributed by atoms with van der Waals surface area (Å²) in [4.78, 5) is 12.1. The molecule has 0 bridgehead atoms. The zero-order chi connectivity index (χ0) is 16.7. The van der Waals surface area contributed by atoms with Gasteiger partial charge < -0.3 is 10.1 Å². The van der Waals surface area contributed by atoms with Crippen LogP contribution in [0, 0.1) is 5.92 Å². The van der Waals surface area contributed by atoms with Gasteiger partial charge >= 0.3 is 0 Å². The molecule has 0 unspecified atom stereocenters. The largest absolute Gasteiger partial charge is 0.497 e. The van der Waals surface area contributed by atoms with Crippen molar-refractivity contribution in [3.8, 4) is 5.75 Å². The zero-order valence-electron chi connectivity index (χ0n) is 13.4. The number of carbonyl (C=O) groups is 1. The fourth-order valence-corrected chi connectivity index (χ4v) is 3.75. The summed E-state index contributed by atoms with van der Waals surface area (Å²) in [6.07, 6.45) is 5.27. The number of hydrogen-bond acceptors (Lipinski definition) is 4. The molecule has 1 fully saturated rings. The minimum atomic E-state index is -3.56. The molecule has 0 spiro atoms. The molecule has 1 aliphatic carbocycles. The van der Waals surface area contributed by atoms with Crippen molar-refractivity contribution >= 4 is 15.9 Å². The summed E-state index contributed by atoms with van der Waals surface area (Å²) in [6.45, 7) is 0.470. The molecule has 0 saturated heterocycles. The Labute approximate surface area is 137 Å². The molecular weight excluding hydrogens is 316 g/mol. The highest BCUT2D eigenvalue weighted by Crippen LogP contribution is 2.23. The van der Waals surface area contributed by atoms with Gasteiger partial charge in [0, 0.05) is 19.0 Å². The van der Waals surface area contributed by atoms with Crippen LogP contribution in [0.5, 0.6) is 5.75 Å².